The monoisotopic (exact) mass is 446 g/mol. The first kappa shape index (κ1) is 22.4. The molecule has 3 rings (SSSR count). The van der Waals surface area contributed by atoms with Gasteiger partial charge in [0.25, 0.3) is 0 Å². The lowest BCUT2D eigenvalue weighted by atomic mass is 9.97. The fourth-order valence-electron chi connectivity index (χ4n) is 3.48. The summed E-state index contributed by atoms with van der Waals surface area (Å²) in [5, 5.41) is 15.0. The van der Waals surface area contributed by atoms with E-state index < -0.39 is 10.0 Å². The van der Waals surface area contributed by atoms with Crippen molar-refractivity contribution in [3.05, 3.63) is 45.9 Å². The molecule has 1 amide bonds. The van der Waals surface area contributed by atoms with Crippen molar-refractivity contribution in [2.75, 3.05) is 19.6 Å². The number of nitriles is 1. The highest BCUT2D eigenvalue weighted by molar-refractivity contribution is 7.89. The van der Waals surface area contributed by atoms with Gasteiger partial charge < -0.3 is 5.32 Å². The quantitative estimate of drug-likeness (QED) is 0.628. The minimum atomic E-state index is -3.60. The number of aryl methyl sites for hydroxylation is 2. The number of nitrogens with one attached hydrogen (secondary N) is 1. The summed E-state index contributed by atoms with van der Waals surface area (Å²) in [6.45, 7) is 3.27. The molecule has 160 valence electrons. The predicted octanol–water partition coefficient (Wildman–Crippen LogP) is 2.86. The van der Waals surface area contributed by atoms with E-state index in [4.69, 9.17) is 5.26 Å². The number of carbonyl (C=O) groups is 1. The van der Waals surface area contributed by atoms with Gasteiger partial charge in [-0.3, -0.25) is 4.79 Å². The molecule has 0 radical (unpaired) electrons. The molecule has 30 heavy (non-hydrogen) atoms. The maximum Gasteiger partial charge on any atom is 0.243 e. The fraction of sp³-hybridized carbons (Fsp3) is 0.476. The Morgan fingerprint density at radius 1 is 1.27 bits per heavy atom. The number of hydrogen-bond donors (Lipinski definition) is 1. The van der Waals surface area contributed by atoms with Gasteiger partial charge in [-0.25, -0.2) is 13.4 Å². The second-order valence-corrected chi connectivity index (χ2v) is 10.3. The molecule has 0 aliphatic carbocycles. The number of unbranched alkanes of at least 4 members (excludes halogenated alkanes) is 1. The zero-order chi connectivity index (χ0) is 21.6. The molecule has 0 bridgehead atoms. The number of hydrogen-bond acceptors (Lipinski definition) is 6. The van der Waals surface area contributed by atoms with Crippen LogP contribution in [-0.2, 0) is 21.2 Å². The highest BCUT2D eigenvalue weighted by Crippen LogP contribution is 2.24. The van der Waals surface area contributed by atoms with Crippen molar-refractivity contribution in [3.8, 4) is 6.07 Å². The first-order valence-electron chi connectivity index (χ1n) is 10.1. The van der Waals surface area contributed by atoms with Crippen molar-refractivity contribution in [1.82, 2.24) is 14.6 Å². The van der Waals surface area contributed by atoms with Gasteiger partial charge in [-0.05, 0) is 63.3 Å². The van der Waals surface area contributed by atoms with Crippen molar-refractivity contribution in [1.29, 1.82) is 5.26 Å². The molecule has 9 heteroatoms. The Morgan fingerprint density at radius 3 is 2.57 bits per heavy atom. The normalized spacial score (nSPS) is 15.6. The van der Waals surface area contributed by atoms with E-state index in [-0.39, 0.29) is 16.7 Å². The van der Waals surface area contributed by atoms with Gasteiger partial charge in [0.2, 0.25) is 15.9 Å². The van der Waals surface area contributed by atoms with Crippen molar-refractivity contribution in [2.45, 2.75) is 43.9 Å². The zero-order valence-electron chi connectivity index (χ0n) is 17.0. The number of aromatic nitrogens is 1. The SMILES string of the molecule is Cc1csc(CCCCNC(=O)C2CCN(S(=O)(=O)c3ccc(C#N)cc3)CC2)n1. The molecule has 1 N–H and O–H groups in total. The standard InChI is InChI=1S/C21H26N4O3S2/c1-16-15-29-20(24-16)4-2-3-11-23-21(26)18-9-12-25(13-10-18)30(27,28)19-7-5-17(14-22)6-8-19/h5-8,15,18H,2-4,9-13H2,1H3,(H,23,26). The van der Waals surface area contributed by atoms with Crippen LogP contribution in [0.1, 0.15) is 41.9 Å². The van der Waals surface area contributed by atoms with Crippen LogP contribution in [0.2, 0.25) is 0 Å². The number of thiazole rings is 1. The van der Waals surface area contributed by atoms with E-state index >= 15 is 0 Å². The Bertz CT molecular complexity index is 1000. The Kier molecular flexibility index (Phi) is 7.58. The van der Waals surface area contributed by atoms with E-state index in [9.17, 15) is 13.2 Å². The number of amides is 1. The first-order chi connectivity index (χ1) is 14.4. The van der Waals surface area contributed by atoms with Crippen LogP contribution in [0.25, 0.3) is 0 Å². The highest BCUT2D eigenvalue weighted by Gasteiger charge is 2.31. The zero-order valence-corrected chi connectivity index (χ0v) is 18.6. The van der Waals surface area contributed by atoms with Crippen LogP contribution in [0.15, 0.2) is 34.5 Å². The Morgan fingerprint density at radius 2 is 1.97 bits per heavy atom. The third-order valence-electron chi connectivity index (χ3n) is 5.23. The lowest BCUT2D eigenvalue weighted by Crippen LogP contribution is -2.43. The number of sulfonamides is 1. The van der Waals surface area contributed by atoms with Crippen molar-refractivity contribution in [3.63, 3.8) is 0 Å². The summed E-state index contributed by atoms with van der Waals surface area (Å²) in [6, 6.07) is 7.90. The van der Waals surface area contributed by atoms with Crippen molar-refractivity contribution in [2.24, 2.45) is 5.92 Å². The van der Waals surface area contributed by atoms with Gasteiger partial charge >= 0.3 is 0 Å². The van der Waals surface area contributed by atoms with E-state index in [2.05, 4.69) is 10.3 Å². The van der Waals surface area contributed by atoms with E-state index in [0.29, 0.717) is 38.0 Å². The molecular weight excluding hydrogens is 420 g/mol. The van der Waals surface area contributed by atoms with E-state index in [0.717, 1.165) is 30.0 Å². The Balaban J connectivity index is 1.40. The van der Waals surface area contributed by atoms with Crippen LogP contribution in [0, 0.1) is 24.2 Å². The Labute approximate surface area is 181 Å². The molecule has 0 spiro atoms. The van der Waals surface area contributed by atoms with Crippen LogP contribution in [-0.4, -0.2) is 43.2 Å². The summed E-state index contributed by atoms with van der Waals surface area (Å²) >= 11 is 1.67. The lowest BCUT2D eigenvalue weighted by molar-refractivity contribution is -0.126. The molecule has 1 aromatic heterocycles. The third-order valence-corrected chi connectivity index (χ3v) is 8.17. The van der Waals surface area contributed by atoms with E-state index in [1.807, 2.05) is 18.4 Å². The van der Waals surface area contributed by atoms with Crippen LogP contribution in [0.4, 0.5) is 0 Å². The largest absolute Gasteiger partial charge is 0.356 e. The summed E-state index contributed by atoms with van der Waals surface area (Å²) in [4.78, 5) is 17.0. The summed E-state index contributed by atoms with van der Waals surface area (Å²) in [5.41, 5.74) is 1.47. The summed E-state index contributed by atoms with van der Waals surface area (Å²) in [5.74, 6) is -0.144. The van der Waals surface area contributed by atoms with Crippen molar-refractivity contribution < 1.29 is 13.2 Å². The molecule has 1 aliphatic heterocycles. The number of rotatable bonds is 8. The van der Waals surface area contributed by atoms with Crippen LogP contribution in [0.5, 0.6) is 0 Å². The topological polar surface area (TPSA) is 103 Å². The minimum Gasteiger partial charge on any atom is -0.356 e. The average Bonchev–Trinajstić information content (AvgIpc) is 3.18. The van der Waals surface area contributed by atoms with Gasteiger partial charge in [-0.2, -0.15) is 9.57 Å². The number of benzene rings is 1. The second kappa shape index (κ2) is 10.2. The molecule has 0 atom stereocenters. The smallest absolute Gasteiger partial charge is 0.243 e. The molecule has 1 aliphatic rings. The minimum absolute atomic E-state index is 0.00974. The lowest BCUT2D eigenvalue weighted by Gasteiger charge is -2.30. The summed E-state index contributed by atoms with van der Waals surface area (Å²) < 4.78 is 27.0. The average molecular weight is 447 g/mol. The number of carbonyl (C=O) groups excluding carboxylic acids is 1. The fourth-order valence-corrected chi connectivity index (χ4v) is 5.77. The molecule has 1 saturated heterocycles. The van der Waals surface area contributed by atoms with Gasteiger partial charge in [0.05, 0.1) is 21.5 Å². The van der Waals surface area contributed by atoms with Crippen LogP contribution in [0.3, 0.4) is 0 Å². The molecule has 2 heterocycles. The van der Waals surface area contributed by atoms with E-state index in [1.165, 1.54) is 28.6 Å². The van der Waals surface area contributed by atoms with Crippen molar-refractivity contribution >= 4 is 27.3 Å². The highest BCUT2D eigenvalue weighted by atomic mass is 32.2. The molecule has 1 fully saturated rings. The van der Waals surface area contributed by atoms with Crippen LogP contribution < -0.4 is 5.32 Å². The molecule has 0 saturated carbocycles. The number of nitrogens with zero attached hydrogens (tertiary/aromatic N) is 3. The van der Waals surface area contributed by atoms with Gasteiger partial charge in [0, 0.05) is 36.6 Å². The summed E-state index contributed by atoms with van der Waals surface area (Å²) in [7, 11) is -3.60. The summed E-state index contributed by atoms with van der Waals surface area (Å²) in [6.07, 6.45) is 3.84. The van der Waals surface area contributed by atoms with Gasteiger partial charge in [-0.15, -0.1) is 11.3 Å². The first-order valence-corrected chi connectivity index (χ1v) is 12.4. The molecule has 0 unspecified atom stereocenters. The van der Waals surface area contributed by atoms with Gasteiger partial charge in [0.1, 0.15) is 0 Å². The third kappa shape index (κ3) is 5.65. The van der Waals surface area contributed by atoms with Crippen LogP contribution >= 0.6 is 11.3 Å². The molecule has 1 aromatic carbocycles. The predicted molar refractivity (Wildman–Crippen MR) is 115 cm³/mol. The van der Waals surface area contributed by atoms with Gasteiger partial charge in [0.15, 0.2) is 0 Å². The molecule has 7 nitrogen and oxygen atoms in total. The Hall–Kier alpha value is -2.28. The second-order valence-electron chi connectivity index (χ2n) is 7.45. The van der Waals surface area contributed by atoms with Gasteiger partial charge in [-0.1, -0.05) is 0 Å². The maximum atomic E-state index is 12.8. The molecule has 2 aromatic rings. The van der Waals surface area contributed by atoms with E-state index in [1.54, 1.807) is 11.3 Å². The maximum absolute atomic E-state index is 12.8. The number of piperidine rings is 1. The molecular formula is C21H26N4O3S2.